The second kappa shape index (κ2) is 15.5. The third-order valence-electron chi connectivity index (χ3n) is 13.8. The molecule has 0 amide bonds. The largest absolute Gasteiger partial charge is 0.455 e. The molecule has 0 N–H and O–H groups in total. The van der Waals surface area contributed by atoms with Crippen molar-refractivity contribution in [2.45, 2.75) is 0 Å². The molecule has 0 bridgehead atoms. The molecule has 0 unspecified atom stereocenters. The van der Waals surface area contributed by atoms with E-state index in [1.54, 1.807) is 0 Å². The second-order valence-electron chi connectivity index (χ2n) is 17.6. The fourth-order valence-electron chi connectivity index (χ4n) is 10.6. The molecule has 0 spiro atoms. The molecule has 11 aromatic carbocycles. The van der Waals surface area contributed by atoms with Gasteiger partial charge in [0.2, 0.25) is 0 Å². The van der Waals surface area contributed by atoms with E-state index in [9.17, 15) is 0 Å². The monoisotopic (exact) mass is 884 g/mol. The van der Waals surface area contributed by atoms with E-state index in [-0.39, 0.29) is 0 Å². The lowest BCUT2D eigenvalue weighted by atomic mass is 9.98. The Morgan fingerprint density at radius 3 is 1.65 bits per heavy atom. The Kier molecular flexibility index (Phi) is 8.76. The van der Waals surface area contributed by atoms with E-state index in [0.29, 0.717) is 0 Å². The molecule has 318 valence electrons. The van der Waals surface area contributed by atoms with Gasteiger partial charge < -0.3 is 13.9 Å². The summed E-state index contributed by atoms with van der Waals surface area (Å²) in [6.07, 6.45) is 0. The second-order valence-corrected chi connectivity index (χ2v) is 18.7. The van der Waals surface area contributed by atoms with Gasteiger partial charge in [0.25, 0.3) is 0 Å². The highest BCUT2D eigenvalue weighted by atomic mass is 32.1. The highest BCUT2D eigenvalue weighted by molar-refractivity contribution is 7.26. The van der Waals surface area contributed by atoms with Crippen molar-refractivity contribution in [3.8, 4) is 39.1 Å². The third kappa shape index (κ3) is 6.12. The lowest BCUT2D eigenvalue weighted by Gasteiger charge is -2.26. The van der Waals surface area contributed by atoms with Gasteiger partial charge in [-0.25, -0.2) is 0 Å². The maximum absolute atomic E-state index is 6.58. The van der Waals surface area contributed by atoms with Crippen LogP contribution in [-0.4, -0.2) is 4.57 Å². The van der Waals surface area contributed by atoms with Crippen molar-refractivity contribution in [2.75, 3.05) is 4.90 Å². The third-order valence-corrected chi connectivity index (χ3v) is 15.0. The number of anilines is 3. The van der Waals surface area contributed by atoms with Crippen LogP contribution < -0.4 is 4.90 Å². The number of thiophene rings is 1. The van der Waals surface area contributed by atoms with Crippen LogP contribution in [0.25, 0.3) is 114 Å². The lowest BCUT2D eigenvalue weighted by molar-refractivity contribution is 0.673. The van der Waals surface area contributed by atoms with Crippen LogP contribution in [0.1, 0.15) is 0 Å². The van der Waals surface area contributed by atoms with Crippen molar-refractivity contribution in [1.29, 1.82) is 0 Å². The molecular weight excluding hydrogens is 845 g/mol. The SMILES string of the molecule is c1cc(-c2ccc(N(c3ccc(-c4cccc5c4sc4ccccc45)cc3)c3ccc(-c4cccc5oc6c7ccccc7ccc6c45)cc3)cc2)cc(-n2c3ccccc3c3ccccc32)c1. The summed E-state index contributed by atoms with van der Waals surface area (Å²) in [7, 11) is 0. The fraction of sp³-hybridized carbons (Fsp3) is 0. The van der Waals surface area contributed by atoms with Gasteiger partial charge in [-0.15, -0.1) is 11.3 Å². The summed E-state index contributed by atoms with van der Waals surface area (Å²) in [6.45, 7) is 0. The van der Waals surface area contributed by atoms with Crippen LogP contribution in [0.5, 0.6) is 0 Å². The molecule has 0 aliphatic rings. The summed E-state index contributed by atoms with van der Waals surface area (Å²) in [5.41, 5.74) is 15.7. The molecule has 0 saturated heterocycles. The maximum atomic E-state index is 6.58. The van der Waals surface area contributed by atoms with Crippen molar-refractivity contribution >= 4 is 103 Å². The van der Waals surface area contributed by atoms with Crippen LogP contribution >= 0.6 is 11.3 Å². The van der Waals surface area contributed by atoms with E-state index in [1.807, 2.05) is 11.3 Å². The van der Waals surface area contributed by atoms with Crippen LogP contribution in [0.2, 0.25) is 0 Å². The van der Waals surface area contributed by atoms with Crippen LogP contribution in [0.3, 0.4) is 0 Å². The smallest absolute Gasteiger partial charge is 0.143 e. The first kappa shape index (κ1) is 38.6. The Balaban J connectivity index is 0.862. The summed E-state index contributed by atoms with van der Waals surface area (Å²) in [5.74, 6) is 0. The van der Waals surface area contributed by atoms with Crippen molar-refractivity contribution in [2.24, 2.45) is 0 Å². The summed E-state index contributed by atoms with van der Waals surface area (Å²) in [6, 6.07) is 88.1. The Bertz CT molecular complexity index is 4200. The fourth-order valence-corrected chi connectivity index (χ4v) is 11.9. The first-order valence-electron chi connectivity index (χ1n) is 23.2. The number of rotatable bonds is 7. The molecule has 0 saturated carbocycles. The number of nitrogens with zero attached hydrogens (tertiary/aromatic N) is 2. The Morgan fingerprint density at radius 1 is 0.368 bits per heavy atom. The Morgan fingerprint density at radius 2 is 0.926 bits per heavy atom. The van der Waals surface area contributed by atoms with Crippen LogP contribution in [0.15, 0.2) is 247 Å². The maximum Gasteiger partial charge on any atom is 0.143 e. The zero-order chi connectivity index (χ0) is 44.7. The minimum absolute atomic E-state index is 0.895. The highest BCUT2D eigenvalue weighted by Crippen LogP contribution is 2.44. The van der Waals surface area contributed by atoms with Crippen molar-refractivity contribution < 1.29 is 4.42 Å². The van der Waals surface area contributed by atoms with Crippen LogP contribution in [0, 0.1) is 0 Å². The molecule has 14 aromatic rings. The number of para-hydroxylation sites is 2. The molecule has 68 heavy (non-hydrogen) atoms. The van der Waals surface area contributed by atoms with E-state index in [0.717, 1.165) is 66.8 Å². The number of aromatic nitrogens is 1. The number of hydrogen-bond donors (Lipinski definition) is 0. The van der Waals surface area contributed by atoms with Crippen molar-refractivity contribution in [3.05, 3.63) is 243 Å². The Labute approximate surface area is 396 Å². The van der Waals surface area contributed by atoms with Crippen LogP contribution in [0.4, 0.5) is 17.1 Å². The van der Waals surface area contributed by atoms with E-state index in [2.05, 4.69) is 252 Å². The normalized spacial score (nSPS) is 11.8. The van der Waals surface area contributed by atoms with Gasteiger partial charge in [-0.05, 0) is 118 Å². The van der Waals surface area contributed by atoms with Gasteiger partial charge in [-0.1, -0.05) is 164 Å². The predicted molar refractivity (Wildman–Crippen MR) is 289 cm³/mol. The summed E-state index contributed by atoms with van der Waals surface area (Å²) in [5, 5.41) is 9.72. The van der Waals surface area contributed by atoms with E-state index in [4.69, 9.17) is 4.42 Å². The number of benzene rings is 11. The zero-order valence-corrected chi connectivity index (χ0v) is 37.6. The molecule has 0 atom stereocenters. The topological polar surface area (TPSA) is 21.3 Å². The zero-order valence-electron chi connectivity index (χ0n) is 36.8. The molecule has 0 aliphatic carbocycles. The average molecular weight is 885 g/mol. The molecule has 14 rings (SSSR count). The van der Waals surface area contributed by atoms with Gasteiger partial charge in [0, 0.05) is 69.9 Å². The lowest BCUT2D eigenvalue weighted by Crippen LogP contribution is -2.09. The number of fused-ring (bicyclic) bond motifs is 11. The van der Waals surface area contributed by atoms with E-state index >= 15 is 0 Å². The molecule has 0 radical (unpaired) electrons. The molecular formula is C64H40N2OS. The van der Waals surface area contributed by atoms with Gasteiger partial charge in [-0.2, -0.15) is 0 Å². The minimum Gasteiger partial charge on any atom is -0.455 e. The first-order valence-corrected chi connectivity index (χ1v) is 24.0. The average Bonchev–Trinajstić information content (AvgIpc) is 4.10. The summed E-state index contributed by atoms with van der Waals surface area (Å²) >= 11 is 1.87. The van der Waals surface area contributed by atoms with Gasteiger partial charge in [0.1, 0.15) is 11.2 Å². The highest BCUT2D eigenvalue weighted by Gasteiger charge is 2.19. The summed E-state index contributed by atoms with van der Waals surface area (Å²) in [4.78, 5) is 2.37. The van der Waals surface area contributed by atoms with E-state index < -0.39 is 0 Å². The first-order chi connectivity index (χ1) is 33.7. The van der Waals surface area contributed by atoms with E-state index in [1.165, 1.54) is 64.1 Å². The Hall–Kier alpha value is -8.70. The van der Waals surface area contributed by atoms with Gasteiger partial charge in [-0.3, -0.25) is 0 Å². The van der Waals surface area contributed by atoms with Gasteiger partial charge >= 0.3 is 0 Å². The van der Waals surface area contributed by atoms with Gasteiger partial charge in [0.15, 0.2) is 0 Å². The number of hydrogen-bond acceptors (Lipinski definition) is 3. The molecule has 4 heteroatoms. The molecule has 3 nitrogen and oxygen atoms in total. The molecule has 0 aliphatic heterocycles. The summed E-state index contributed by atoms with van der Waals surface area (Å²) < 4.78 is 11.6. The quantitative estimate of drug-likeness (QED) is 0.159. The minimum atomic E-state index is 0.895. The molecule has 3 aromatic heterocycles. The van der Waals surface area contributed by atoms with Crippen LogP contribution in [-0.2, 0) is 0 Å². The van der Waals surface area contributed by atoms with Crippen molar-refractivity contribution in [3.63, 3.8) is 0 Å². The predicted octanol–water partition coefficient (Wildman–Crippen LogP) is 18.7. The molecule has 0 fully saturated rings. The molecule has 3 heterocycles. The van der Waals surface area contributed by atoms with Crippen molar-refractivity contribution in [1.82, 2.24) is 4.57 Å². The van der Waals surface area contributed by atoms with Gasteiger partial charge in [0.05, 0.1) is 11.0 Å². The standard InChI is InChI=1S/C64H40N2OS/c1-2-15-51-42(12-1)32-39-57-62-50(19-11-24-60(62)67-63(51)57)43-28-35-47(36-29-43)65(48-37-30-44(31-38-48)52-20-10-21-56-55-18-5-8-25-61(55)68-64(52)56)46-33-26-41(27-34-46)45-13-9-14-49(40-45)66-58-22-6-3-16-53(58)54-17-4-7-23-59(54)66/h1-40H. The number of furan rings is 1.